The maximum absolute atomic E-state index is 9.76. The van der Waals surface area contributed by atoms with Crippen LogP contribution in [0.4, 0.5) is 0 Å². The smallest absolute Gasteiger partial charge is 0.172 e. The third-order valence-electron chi connectivity index (χ3n) is 4.60. The SMILES string of the molecule is Oc1cccc(C2=NOC(Cc3ccccc3)(c3ccccc3)C2)c1. The van der Waals surface area contributed by atoms with Crippen LogP contribution in [0, 0.1) is 0 Å². The molecule has 25 heavy (non-hydrogen) atoms. The number of aromatic hydroxyl groups is 1. The van der Waals surface area contributed by atoms with Crippen molar-refractivity contribution in [1.29, 1.82) is 0 Å². The zero-order chi connectivity index (χ0) is 17.1. The van der Waals surface area contributed by atoms with Gasteiger partial charge in [0.15, 0.2) is 5.60 Å². The Morgan fingerprint density at radius 1 is 0.880 bits per heavy atom. The van der Waals surface area contributed by atoms with Crippen LogP contribution in [-0.4, -0.2) is 10.8 Å². The average Bonchev–Trinajstić information content (AvgIpc) is 3.09. The number of phenolic OH excluding ortho intramolecular Hbond substituents is 1. The van der Waals surface area contributed by atoms with Gasteiger partial charge in [-0.1, -0.05) is 78.0 Å². The van der Waals surface area contributed by atoms with Crippen molar-refractivity contribution < 1.29 is 9.94 Å². The number of phenols is 1. The summed E-state index contributed by atoms with van der Waals surface area (Å²) in [7, 11) is 0. The molecule has 0 amide bonds. The molecule has 3 aromatic rings. The van der Waals surface area contributed by atoms with E-state index in [1.54, 1.807) is 12.1 Å². The molecule has 1 aliphatic rings. The van der Waals surface area contributed by atoms with E-state index < -0.39 is 5.60 Å². The van der Waals surface area contributed by atoms with E-state index in [9.17, 15) is 5.11 Å². The number of benzene rings is 3. The summed E-state index contributed by atoms with van der Waals surface area (Å²) in [6.07, 6.45) is 1.40. The van der Waals surface area contributed by atoms with Crippen LogP contribution in [0.2, 0.25) is 0 Å². The van der Waals surface area contributed by atoms with Gasteiger partial charge < -0.3 is 9.94 Å². The number of hydrogen-bond acceptors (Lipinski definition) is 3. The largest absolute Gasteiger partial charge is 0.508 e. The predicted octanol–water partition coefficient (Wildman–Crippen LogP) is 4.65. The second-order valence-corrected chi connectivity index (χ2v) is 6.38. The molecular formula is C22H19NO2. The van der Waals surface area contributed by atoms with Crippen LogP contribution in [0.15, 0.2) is 90.1 Å². The molecule has 1 heterocycles. The Morgan fingerprint density at radius 3 is 2.32 bits per heavy atom. The van der Waals surface area contributed by atoms with E-state index in [4.69, 9.17) is 4.84 Å². The molecule has 4 rings (SSSR count). The molecule has 3 aromatic carbocycles. The fourth-order valence-corrected chi connectivity index (χ4v) is 3.34. The van der Waals surface area contributed by atoms with E-state index >= 15 is 0 Å². The first kappa shape index (κ1) is 15.5. The summed E-state index contributed by atoms with van der Waals surface area (Å²) < 4.78 is 0. The Kier molecular flexibility index (Phi) is 3.98. The monoisotopic (exact) mass is 329 g/mol. The van der Waals surface area contributed by atoms with Crippen LogP contribution in [0.3, 0.4) is 0 Å². The minimum Gasteiger partial charge on any atom is -0.508 e. The van der Waals surface area contributed by atoms with Crippen molar-refractivity contribution in [3.63, 3.8) is 0 Å². The van der Waals surface area contributed by atoms with Crippen molar-refractivity contribution in [2.45, 2.75) is 18.4 Å². The minimum absolute atomic E-state index is 0.237. The van der Waals surface area contributed by atoms with Crippen molar-refractivity contribution in [2.75, 3.05) is 0 Å². The molecule has 0 aliphatic carbocycles. The van der Waals surface area contributed by atoms with Gasteiger partial charge in [0.1, 0.15) is 5.75 Å². The highest BCUT2D eigenvalue weighted by Crippen LogP contribution is 2.39. The first-order valence-corrected chi connectivity index (χ1v) is 8.39. The second kappa shape index (κ2) is 6.44. The summed E-state index contributed by atoms with van der Waals surface area (Å²) in [5.41, 5.74) is 3.54. The lowest BCUT2D eigenvalue weighted by atomic mass is 9.82. The zero-order valence-electron chi connectivity index (χ0n) is 13.8. The number of oxime groups is 1. The van der Waals surface area contributed by atoms with Gasteiger partial charge in [-0.05, 0) is 23.3 Å². The summed E-state index contributed by atoms with van der Waals surface area (Å²) in [6, 6.07) is 27.7. The van der Waals surface area contributed by atoms with Gasteiger partial charge in [0, 0.05) is 18.4 Å². The van der Waals surface area contributed by atoms with Gasteiger partial charge in [0.25, 0.3) is 0 Å². The average molecular weight is 329 g/mol. The van der Waals surface area contributed by atoms with Crippen LogP contribution >= 0.6 is 0 Å². The first-order valence-electron chi connectivity index (χ1n) is 8.39. The Bertz CT molecular complexity index is 890. The molecule has 3 heteroatoms. The van der Waals surface area contributed by atoms with E-state index in [1.807, 2.05) is 48.5 Å². The molecule has 0 saturated heterocycles. The zero-order valence-corrected chi connectivity index (χ0v) is 13.8. The summed E-state index contributed by atoms with van der Waals surface area (Å²) in [6.45, 7) is 0. The molecule has 0 bridgehead atoms. The molecule has 0 fully saturated rings. The second-order valence-electron chi connectivity index (χ2n) is 6.38. The third-order valence-corrected chi connectivity index (χ3v) is 4.60. The van der Waals surface area contributed by atoms with Crippen molar-refractivity contribution in [2.24, 2.45) is 5.16 Å². The number of hydrogen-bond donors (Lipinski definition) is 1. The normalized spacial score (nSPS) is 19.3. The van der Waals surface area contributed by atoms with Crippen molar-refractivity contribution in [1.82, 2.24) is 0 Å². The highest BCUT2D eigenvalue weighted by atomic mass is 16.7. The van der Waals surface area contributed by atoms with Crippen LogP contribution < -0.4 is 0 Å². The fraction of sp³-hybridized carbons (Fsp3) is 0.136. The lowest BCUT2D eigenvalue weighted by Gasteiger charge is -2.27. The standard InChI is InChI=1S/C22H19NO2/c24-20-13-7-10-18(14-20)21-16-22(25-23-21,19-11-5-2-6-12-19)15-17-8-3-1-4-9-17/h1-14,24H,15-16H2. The summed E-state index contributed by atoms with van der Waals surface area (Å²) in [5.74, 6) is 0.237. The van der Waals surface area contributed by atoms with Crippen molar-refractivity contribution >= 4 is 5.71 Å². The maximum Gasteiger partial charge on any atom is 0.172 e. The van der Waals surface area contributed by atoms with E-state index in [0.717, 1.165) is 23.3 Å². The van der Waals surface area contributed by atoms with E-state index in [2.05, 4.69) is 29.4 Å². The van der Waals surface area contributed by atoms with Gasteiger partial charge in [0.05, 0.1) is 5.71 Å². The molecule has 3 nitrogen and oxygen atoms in total. The topological polar surface area (TPSA) is 41.8 Å². The van der Waals surface area contributed by atoms with Crippen LogP contribution in [0.25, 0.3) is 0 Å². The molecule has 1 unspecified atom stereocenters. The summed E-state index contributed by atoms with van der Waals surface area (Å²) in [4.78, 5) is 6.04. The van der Waals surface area contributed by atoms with Crippen LogP contribution in [0.1, 0.15) is 23.1 Å². The molecule has 1 N–H and O–H groups in total. The Hall–Kier alpha value is -3.07. The van der Waals surface area contributed by atoms with Gasteiger partial charge >= 0.3 is 0 Å². The fourth-order valence-electron chi connectivity index (χ4n) is 3.34. The van der Waals surface area contributed by atoms with E-state index in [0.29, 0.717) is 6.42 Å². The summed E-state index contributed by atoms with van der Waals surface area (Å²) >= 11 is 0. The minimum atomic E-state index is -0.524. The van der Waals surface area contributed by atoms with Crippen molar-refractivity contribution in [3.8, 4) is 5.75 Å². The lowest BCUT2D eigenvalue weighted by molar-refractivity contribution is -0.0230. The highest BCUT2D eigenvalue weighted by molar-refractivity contribution is 6.02. The van der Waals surface area contributed by atoms with Crippen LogP contribution in [-0.2, 0) is 16.9 Å². The van der Waals surface area contributed by atoms with E-state index in [-0.39, 0.29) is 5.75 Å². The van der Waals surface area contributed by atoms with Gasteiger partial charge in [-0.3, -0.25) is 0 Å². The molecule has 0 saturated carbocycles. The Labute approximate surface area is 147 Å². The molecule has 1 aliphatic heterocycles. The van der Waals surface area contributed by atoms with Gasteiger partial charge in [-0.2, -0.15) is 0 Å². The predicted molar refractivity (Wildman–Crippen MR) is 98.6 cm³/mol. The Balaban J connectivity index is 1.69. The number of nitrogens with zero attached hydrogens (tertiary/aromatic N) is 1. The molecule has 0 radical (unpaired) electrons. The molecule has 124 valence electrons. The van der Waals surface area contributed by atoms with Gasteiger partial charge in [-0.25, -0.2) is 0 Å². The lowest BCUT2D eigenvalue weighted by Crippen LogP contribution is -2.29. The molecule has 1 atom stereocenters. The highest BCUT2D eigenvalue weighted by Gasteiger charge is 2.41. The maximum atomic E-state index is 9.76. The van der Waals surface area contributed by atoms with Gasteiger partial charge in [0.2, 0.25) is 0 Å². The molecule has 0 spiro atoms. The molecule has 0 aromatic heterocycles. The van der Waals surface area contributed by atoms with Crippen molar-refractivity contribution in [3.05, 3.63) is 102 Å². The van der Waals surface area contributed by atoms with E-state index in [1.165, 1.54) is 5.56 Å². The van der Waals surface area contributed by atoms with Crippen LogP contribution in [0.5, 0.6) is 5.75 Å². The summed E-state index contributed by atoms with van der Waals surface area (Å²) in [5, 5.41) is 14.1. The van der Waals surface area contributed by atoms with Gasteiger partial charge in [-0.15, -0.1) is 0 Å². The molecular weight excluding hydrogens is 310 g/mol. The third kappa shape index (κ3) is 3.13. The first-order chi connectivity index (χ1) is 12.3. The Morgan fingerprint density at radius 2 is 1.60 bits per heavy atom. The quantitative estimate of drug-likeness (QED) is 0.757. The number of rotatable bonds is 4.